The summed E-state index contributed by atoms with van der Waals surface area (Å²) in [5.41, 5.74) is 7.16. The zero-order valence-corrected chi connectivity index (χ0v) is 10.8. The minimum atomic E-state index is 0.0289. The summed E-state index contributed by atoms with van der Waals surface area (Å²) in [6, 6.07) is 1.82. The second-order valence-corrected chi connectivity index (χ2v) is 4.17. The molecule has 18 heavy (non-hydrogen) atoms. The third-order valence-corrected chi connectivity index (χ3v) is 3.30. The molecule has 0 saturated heterocycles. The predicted molar refractivity (Wildman–Crippen MR) is 66.8 cm³/mol. The topological polar surface area (TPSA) is 70.8 Å². The van der Waals surface area contributed by atoms with Crippen LogP contribution in [0.4, 0.5) is 0 Å². The first kappa shape index (κ1) is 12.7. The van der Waals surface area contributed by atoms with Gasteiger partial charge in [0.15, 0.2) is 17.3 Å². The van der Waals surface area contributed by atoms with Crippen molar-refractivity contribution in [3.05, 3.63) is 17.2 Å². The number of rotatable bonds is 4. The molecule has 5 nitrogen and oxygen atoms in total. The van der Waals surface area contributed by atoms with E-state index in [0.717, 1.165) is 5.56 Å². The van der Waals surface area contributed by atoms with Gasteiger partial charge in [-0.1, -0.05) is 0 Å². The largest absolute Gasteiger partial charge is 0.493 e. The Labute approximate surface area is 106 Å². The minimum Gasteiger partial charge on any atom is -0.493 e. The number of ether oxygens (including phenoxy) is 3. The van der Waals surface area contributed by atoms with Gasteiger partial charge in [0.05, 0.1) is 26.9 Å². The van der Waals surface area contributed by atoms with Crippen molar-refractivity contribution in [3.8, 4) is 17.2 Å². The maximum atomic E-state index is 12.1. The number of fused-ring (bicyclic) bond motifs is 1. The number of hydrogen-bond acceptors (Lipinski definition) is 5. The number of nitrogens with two attached hydrogens (primary N) is 1. The molecule has 98 valence electrons. The third-order valence-electron chi connectivity index (χ3n) is 3.30. The lowest BCUT2D eigenvalue weighted by Crippen LogP contribution is -2.10. The first-order valence-electron chi connectivity index (χ1n) is 5.74. The summed E-state index contributed by atoms with van der Waals surface area (Å²) in [5.74, 6) is 1.51. The van der Waals surface area contributed by atoms with Crippen LogP contribution in [0.1, 0.15) is 28.3 Å². The van der Waals surface area contributed by atoms with E-state index in [9.17, 15) is 4.79 Å². The summed E-state index contributed by atoms with van der Waals surface area (Å²) in [7, 11) is 4.59. The highest BCUT2D eigenvalue weighted by Gasteiger charge is 2.35. The van der Waals surface area contributed by atoms with Crippen LogP contribution in [0.3, 0.4) is 0 Å². The van der Waals surface area contributed by atoms with Gasteiger partial charge in [-0.3, -0.25) is 4.79 Å². The van der Waals surface area contributed by atoms with Gasteiger partial charge in [-0.15, -0.1) is 0 Å². The van der Waals surface area contributed by atoms with Gasteiger partial charge in [0, 0.05) is 12.3 Å². The molecule has 1 aromatic carbocycles. The number of benzene rings is 1. The Kier molecular flexibility index (Phi) is 3.43. The summed E-state index contributed by atoms with van der Waals surface area (Å²) in [4.78, 5) is 12.1. The van der Waals surface area contributed by atoms with Gasteiger partial charge >= 0.3 is 0 Å². The molecule has 2 rings (SSSR count). The van der Waals surface area contributed by atoms with Crippen LogP contribution in [-0.4, -0.2) is 33.7 Å². The molecular formula is C13H17NO4. The average Bonchev–Trinajstić information content (AvgIpc) is 2.72. The summed E-state index contributed by atoms with van der Waals surface area (Å²) < 4.78 is 15.9. The monoisotopic (exact) mass is 251 g/mol. The van der Waals surface area contributed by atoms with Gasteiger partial charge < -0.3 is 19.9 Å². The van der Waals surface area contributed by atoms with Crippen LogP contribution in [0.5, 0.6) is 17.2 Å². The van der Waals surface area contributed by atoms with E-state index in [1.54, 1.807) is 7.11 Å². The zero-order valence-electron chi connectivity index (χ0n) is 10.8. The van der Waals surface area contributed by atoms with E-state index in [0.29, 0.717) is 35.8 Å². The van der Waals surface area contributed by atoms with Crippen LogP contribution < -0.4 is 19.9 Å². The van der Waals surface area contributed by atoms with Gasteiger partial charge in [0.25, 0.3) is 0 Å². The van der Waals surface area contributed by atoms with Crippen molar-refractivity contribution in [3.63, 3.8) is 0 Å². The van der Waals surface area contributed by atoms with Crippen molar-refractivity contribution in [2.24, 2.45) is 5.73 Å². The van der Waals surface area contributed by atoms with Gasteiger partial charge in [-0.2, -0.15) is 0 Å². The van der Waals surface area contributed by atoms with E-state index in [4.69, 9.17) is 19.9 Å². The number of carbonyl (C=O) groups is 1. The molecule has 0 saturated carbocycles. The number of ketones is 1. The Balaban J connectivity index is 2.70. The van der Waals surface area contributed by atoms with Crippen LogP contribution in [0.15, 0.2) is 6.07 Å². The SMILES string of the molecule is COc1cc2c(c(OC)c1OC)C(=O)CC2CN. The fourth-order valence-corrected chi connectivity index (χ4v) is 2.43. The quantitative estimate of drug-likeness (QED) is 0.874. The maximum Gasteiger partial charge on any atom is 0.204 e. The molecule has 0 aromatic heterocycles. The standard InChI is InChI=1S/C13H17NO4/c1-16-10-5-8-7(6-14)4-9(15)11(8)13(18-3)12(10)17-2/h5,7H,4,6,14H2,1-3H3. The lowest BCUT2D eigenvalue weighted by atomic mass is 10.0. The van der Waals surface area contributed by atoms with Crippen molar-refractivity contribution < 1.29 is 19.0 Å². The van der Waals surface area contributed by atoms with Crippen molar-refractivity contribution in [1.82, 2.24) is 0 Å². The molecule has 5 heteroatoms. The molecule has 1 aliphatic carbocycles. The van der Waals surface area contributed by atoms with E-state index in [1.165, 1.54) is 14.2 Å². The molecule has 0 heterocycles. The maximum absolute atomic E-state index is 12.1. The molecule has 0 aliphatic heterocycles. The summed E-state index contributed by atoms with van der Waals surface area (Å²) >= 11 is 0. The van der Waals surface area contributed by atoms with Crippen LogP contribution in [-0.2, 0) is 0 Å². The van der Waals surface area contributed by atoms with E-state index in [-0.39, 0.29) is 11.7 Å². The van der Waals surface area contributed by atoms with Crippen molar-refractivity contribution >= 4 is 5.78 Å². The molecule has 0 bridgehead atoms. The lowest BCUT2D eigenvalue weighted by Gasteiger charge is -2.16. The fourth-order valence-electron chi connectivity index (χ4n) is 2.43. The van der Waals surface area contributed by atoms with Crippen molar-refractivity contribution in [2.45, 2.75) is 12.3 Å². The predicted octanol–water partition coefficient (Wildman–Crippen LogP) is 1.34. The molecule has 1 aliphatic rings. The average molecular weight is 251 g/mol. The Hall–Kier alpha value is -1.75. The Bertz CT molecular complexity index is 484. The highest BCUT2D eigenvalue weighted by Crippen LogP contribution is 2.48. The Morgan fingerprint density at radius 2 is 1.89 bits per heavy atom. The summed E-state index contributed by atoms with van der Waals surface area (Å²) in [6.07, 6.45) is 0.415. The third kappa shape index (κ3) is 1.71. The number of Topliss-reactive ketones (excluding diaryl/α,β-unsaturated/α-hetero) is 1. The highest BCUT2D eigenvalue weighted by molar-refractivity contribution is 6.05. The second kappa shape index (κ2) is 4.86. The molecule has 1 atom stereocenters. The van der Waals surface area contributed by atoms with E-state index in [1.807, 2.05) is 6.07 Å². The van der Waals surface area contributed by atoms with E-state index < -0.39 is 0 Å². The molecule has 0 fully saturated rings. The smallest absolute Gasteiger partial charge is 0.204 e. The molecule has 1 aromatic rings. The molecular weight excluding hydrogens is 234 g/mol. The normalized spacial score (nSPS) is 17.6. The molecule has 0 amide bonds. The Morgan fingerprint density at radius 1 is 1.22 bits per heavy atom. The number of methoxy groups -OCH3 is 3. The first-order valence-corrected chi connectivity index (χ1v) is 5.74. The summed E-state index contributed by atoms with van der Waals surface area (Å²) in [5, 5.41) is 0. The van der Waals surface area contributed by atoms with E-state index >= 15 is 0 Å². The van der Waals surface area contributed by atoms with E-state index in [2.05, 4.69) is 0 Å². The second-order valence-electron chi connectivity index (χ2n) is 4.17. The van der Waals surface area contributed by atoms with Crippen LogP contribution >= 0.6 is 0 Å². The van der Waals surface area contributed by atoms with Gasteiger partial charge in [0.2, 0.25) is 5.75 Å². The highest BCUT2D eigenvalue weighted by atomic mass is 16.5. The number of carbonyl (C=O) groups excluding carboxylic acids is 1. The fraction of sp³-hybridized carbons (Fsp3) is 0.462. The van der Waals surface area contributed by atoms with Gasteiger partial charge in [-0.25, -0.2) is 0 Å². The van der Waals surface area contributed by atoms with Crippen LogP contribution in [0.2, 0.25) is 0 Å². The first-order chi connectivity index (χ1) is 8.67. The molecule has 0 spiro atoms. The molecule has 0 radical (unpaired) electrons. The lowest BCUT2D eigenvalue weighted by molar-refractivity contribution is 0.0986. The zero-order chi connectivity index (χ0) is 13.3. The van der Waals surface area contributed by atoms with Crippen LogP contribution in [0.25, 0.3) is 0 Å². The van der Waals surface area contributed by atoms with Gasteiger partial charge in [0.1, 0.15) is 0 Å². The van der Waals surface area contributed by atoms with Crippen LogP contribution in [0, 0.1) is 0 Å². The van der Waals surface area contributed by atoms with Crippen molar-refractivity contribution in [2.75, 3.05) is 27.9 Å². The number of hydrogen-bond donors (Lipinski definition) is 1. The van der Waals surface area contributed by atoms with Gasteiger partial charge in [-0.05, 0) is 18.2 Å². The molecule has 1 unspecified atom stereocenters. The summed E-state index contributed by atoms with van der Waals surface area (Å²) in [6.45, 7) is 0.428. The van der Waals surface area contributed by atoms with Crippen molar-refractivity contribution in [1.29, 1.82) is 0 Å². The molecule has 2 N–H and O–H groups in total. The minimum absolute atomic E-state index is 0.0289. The Morgan fingerprint density at radius 3 is 2.39 bits per heavy atom.